The Hall–Kier alpha value is 2.15. The van der Waals surface area contributed by atoms with Gasteiger partial charge < -0.3 is 62.0 Å². The second-order valence-corrected chi connectivity index (χ2v) is 37.3. The van der Waals surface area contributed by atoms with E-state index in [4.69, 9.17) is 87.5 Å². The van der Waals surface area contributed by atoms with Crippen molar-refractivity contribution in [2.24, 2.45) is 0 Å². The SMILES string of the molecule is CCCCCCC.CCOCC.CCOCC.C[Si](Cl)(Cl)Cl.C[Si](Cl)(Cl)c1ccccc1.C[Si](Cl)(c1ccccc1)c1ccccc1.Clc1ccccc1.[Cl-].[Cl-].[Cl-].[Cl-].[H-].[H-].[Mg+2].[Mg+2].[Mg+2].[Mg+2].[c-]1ccccc1.[c-]1ccccc1. The summed E-state index contributed by atoms with van der Waals surface area (Å²) in [6.45, 7) is 19.4. The maximum atomic E-state index is 6.73. The van der Waals surface area contributed by atoms with Crippen molar-refractivity contribution in [2.75, 3.05) is 26.4 Å². The number of hydrogen-bond donors (Lipinski definition) is 0. The molecule has 0 aliphatic rings. The summed E-state index contributed by atoms with van der Waals surface area (Å²) in [7, 11) is -1.98. The largest absolute Gasteiger partial charge is 2.00 e. The summed E-state index contributed by atoms with van der Waals surface area (Å²) in [4.78, 5) is 0. The maximum Gasteiger partial charge on any atom is 2.00 e. The van der Waals surface area contributed by atoms with Crippen LogP contribution in [0.3, 0.4) is 0 Å². The van der Waals surface area contributed by atoms with Gasteiger partial charge in [-0.05, 0) is 75.0 Å². The van der Waals surface area contributed by atoms with Crippen molar-refractivity contribution < 1.29 is 62.0 Å². The van der Waals surface area contributed by atoms with E-state index in [0.717, 1.165) is 36.6 Å². The van der Waals surface area contributed by atoms with Gasteiger partial charge in [0, 0.05) is 31.5 Å². The topological polar surface area (TPSA) is 18.5 Å². The number of ether oxygens (including phenoxy) is 2. The van der Waals surface area contributed by atoms with Crippen LogP contribution in [0.15, 0.2) is 182 Å². The molecule has 0 aromatic heterocycles. The van der Waals surface area contributed by atoms with E-state index in [1.807, 2.05) is 192 Å². The van der Waals surface area contributed by atoms with Crippen LogP contribution in [0.1, 0.15) is 76.5 Å². The van der Waals surface area contributed by atoms with Crippen LogP contribution in [0.2, 0.25) is 24.7 Å². The summed E-state index contributed by atoms with van der Waals surface area (Å²) in [5.41, 5.74) is 0. The fourth-order valence-electron chi connectivity index (χ4n) is 4.58. The predicted octanol–water partition coefficient (Wildman–Crippen LogP) is 4.42. The molecule has 0 N–H and O–H groups in total. The average Bonchev–Trinajstić information content (AvgIpc) is 3.33. The van der Waals surface area contributed by atoms with Crippen LogP contribution in [0.5, 0.6) is 0 Å². The van der Waals surface area contributed by atoms with Crippen molar-refractivity contribution in [2.45, 2.75) is 93.3 Å². The molecule has 6 rings (SSSR count). The van der Waals surface area contributed by atoms with Crippen LogP contribution in [0.4, 0.5) is 0 Å². The van der Waals surface area contributed by atoms with Crippen molar-refractivity contribution in [3.05, 3.63) is 199 Å². The van der Waals surface area contributed by atoms with Crippen LogP contribution < -0.4 is 65.2 Å². The molecule has 6 aromatic rings. The van der Waals surface area contributed by atoms with Crippen molar-refractivity contribution in [3.63, 3.8) is 0 Å². The third-order valence-corrected chi connectivity index (χ3v) is 14.9. The zero-order chi connectivity index (χ0) is 50.2. The fourth-order valence-corrected chi connectivity index (χ4v) is 8.99. The van der Waals surface area contributed by atoms with E-state index in [1.165, 1.54) is 42.5 Å². The first kappa shape index (κ1) is 101. The van der Waals surface area contributed by atoms with Gasteiger partial charge in [-0.3, -0.25) is 0 Å². The summed E-state index contributed by atoms with van der Waals surface area (Å²) >= 11 is 39.8. The van der Waals surface area contributed by atoms with E-state index in [1.54, 1.807) is 6.55 Å². The van der Waals surface area contributed by atoms with Gasteiger partial charge in [-0.1, -0.05) is 167 Å². The van der Waals surface area contributed by atoms with Crippen LogP contribution in [0.25, 0.3) is 0 Å². The van der Waals surface area contributed by atoms with Crippen molar-refractivity contribution >= 4 is 206 Å². The van der Waals surface area contributed by atoms with Crippen LogP contribution in [0, 0.1) is 12.1 Å². The molecule has 0 amide bonds. The Balaban J connectivity index is -0.0000000540. The summed E-state index contributed by atoms with van der Waals surface area (Å²) < 4.78 is 9.67. The molecule has 0 aliphatic heterocycles. The zero-order valence-electron chi connectivity index (χ0n) is 47.0. The number of unbranched alkanes of at least 4 members (excludes halogenated alkanes) is 4. The van der Waals surface area contributed by atoms with Gasteiger partial charge in [0.05, 0.1) is 0 Å². The van der Waals surface area contributed by atoms with E-state index in [2.05, 4.69) is 56.8 Å². The van der Waals surface area contributed by atoms with Crippen LogP contribution >= 0.6 is 78.1 Å². The first-order chi connectivity index (χ1) is 31.5. The molecule has 20 heteroatoms. The first-order valence-electron chi connectivity index (χ1n) is 22.4. The zero-order valence-corrected chi connectivity index (χ0v) is 62.0. The minimum atomic E-state index is -2.19. The van der Waals surface area contributed by atoms with Gasteiger partial charge in [0.2, 0.25) is 7.38 Å². The van der Waals surface area contributed by atoms with E-state index in [9.17, 15) is 0 Å². The van der Waals surface area contributed by atoms with E-state index < -0.39 is 20.1 Å². The Morgan fingerprint density at radius 1 is 0.378 bits per heavy atom. The monoisotopic (exact) mass is 1320 g/mol. The standard InChI is InChI=1S/C13H13ClSi.C7H8Cl2Si.C7H16.C6H5Cl.2C6H5.2C4H10O.CH3Cl3Si.4ClH.4Mg.2H/c1-15(14,12-8-4-2-5-9-12)13-10-6-3-7-11-13;1-10(8,9)7-5-3-2-4-6-7;1-3-5-7-6-4-2;7-6-4-2-1-3-5-6;2*1-2-4-6-5-3-1;2*1-3-5-4-2;1-5(2,3)4;;;;;;;;;;/h2-11H,1H3;2-6H,1H3;3-7H2,1-2H3;1-5H;2*1-5H;2*3-4H2,1-2H3;1H3;4*1H;;;;;;/q;;;;2*-1;;;;;;;;4*+2;2*-1/p-4. The molecule has 0 radical (unpaired) electrons. The van der Waals surface area contributed by atoms with Gasteiger partial charge in [0.25, 0.3) is 6.69 Å². The molecule has 0 fully saturated rings. The number of rotatable bonds is 11. The van der Waals surface area contributed by atoms with Crippen LogP contribution in [-0.2, 0) is 9.47 Å². The first-order valence-corrected chi connectivity index (χ1v) is 36.4. The number of benzene rings is 6. The molecule has 6 aromatic carbocycles. The smallest absolute Gasteiger partial charge is 1.00 e. The fraction of sp³-hybridized carbons (Fsp3) is 0.333. The number of hydrogen-bond acceptors (Lipinski definition) is 2. The molecule has 0 atom stereocenters. The second-order valence-electron chi connectivity index (χ2n) is 13.8. The third-order valence-electron chi connectivity index (χ3n) is 7.88. The van der Waals surface area contributed by atoms with Gasteiger partial charge in [-0.2, -0.15) is 83.9 Å². The molecule has 74 heavy (non-hydrogen) atoms. The summed E-state index contributed by atoms with van der Waals surface area (Å²) in [5.74, 6) is 0. The molecule has 402 valence electrons. The molecule has 0 aliphatic carbocycles. The Kier molecular flexibility index (Phi) is 100. The molecule has 0 unspecified atom stereocenters. The average molecular weight is 1330 g/mol. The Labute approximate surface area is 579 Å². The van der Waals surface area contributed by atoms with Gasteiger partial charge in [0.1, 0.15) is 0 Å². The quantitative estimate of drug-likeness (QED) is 0.0830. The van der Waals surface area contributed by atoms with E-state index in [-0.39, 0.29) is 145 Å². The maximum absolute atomic E-state index is 6.73. The van der Waals surface area contributed by atoms with E-state index >= 15 is 0 Å². The minimum absolute atomic E-state index is 0. The van der Waals surface area contributed by atoms with Crippen molar-refractivity contribution in [1.82, 2.24) is 0 Å². The summed E-state index contributed by atoms with van der Waals surface area (Å²) in [6, 6.07) is 62.7. The molecular formula is C54H77Cl11Mg4O2Si3. The van der Waals surface area contributed by atoms with Gasteiger partial charge in [-0.25, -0.2) is 0 Å². The Bertz CT molecular complexity index is 1690. The third kappa shape index (κ3) is 76.2. The molecular weight excluding hydrogens is 1250 g/mol. The number of halogens is 11. The van der Waals surface area contributed by atoms with Gasteiger partial charge >= 0.3 is 98.2 Å². The van der Waals surface area contributed by atoms with Gasteiger partial charge in [-0.15, -0.1) is 55.4 Å². The van der Waals surface area contributed by atoms with Crippen LogP contribution in [-0.4, -0.2) is 139 Å². The predicted molar refractivity (Wildman–Crippen MR) is 334 cm³/mol. The molecule has 0 bridgehead atoms. The molecule has 0 saturated carbocycles. The molecule has 0 spiro atoms. The van der Waals surface area contributed by atoms with Gasteiger partial charge in [0.15, 0.2) is 0 Å². The minimum Gasteiger partial charge on any atom is -1.00 e. The normalized spacial score (nSPS) is 8.81. The summed E-state index contributed by atoms with van der Waals surface area (Å²) in [5, 5.41) is 4.39. The van der Waals surface area contributed by atoms with Crippen molar-refractivity contribution in [3.8, 4) is 0 Å². The molecule has 2 nitrogen and oxygen atoms in total. The van der Waals surface area contributed by atoms with E-state index in [0.29, 0.717) is 0 Å². The second kappa shape index (κ2) is 73.2. The Morgan fingerprint density at radius 2 is 0.608 bits per heavy atom. The van der Waals surface area contributed by atoms with Crippen molar-refractivity contribution in [1.29, 1.82) is 0 Å². The summed E-state index contributed by atoms with van der Waals surface area (Å²) in [6.07, 6.45) is 7.01. The Morgan fingerprint density at radius 3 is 0.743 bits per heavy atom. The molecule has 0 saturated heterocycles. The molecule has 0 heterocycles.